The van der Waals surface area contributed by atoms with Gasteiger partial charge in [0.1, 0.15) is 0 Å². The van der Waals surface area contributed by atoms with Crippen LogP contribution in [0.15, 0.2) is 33.6 Å². The maximum Gasteiger partial charge on any atom is 0.243 e. The highest BCUT2D eigenvalue weighted by Crippen LogP contribution is 2.27. The Balaban J connectivity index is 1.67. The Morgan fingerprint density at radius 1 is 1.17 bits per heavy atom. The van der Waals surface area contributed by atoms with E-state index in [9.17, 15) is 13.2 Å². The summed E-state index contributed by atoms with van der Waals surface area (Å²) in [6.45, 7) is 3.88. The predicted octanol–water partition coefficient (Wildman–Crippen LogP) is 1.23. The average Bonchev–Trinajstić information content (AvgIpc) is 3.06. The second-order valence-corrected chi connectivity index (χ2v) is 9.29. The summed E-state index contributed by atoms with van der Waals surface area (Å²) in [5.74, 6) is -0.134. The fourth-order valence-electron chi connectivity index (χ4n) is 3.21. The Labute approximate surface area is 151 Å². The minimum atomic E-state index is -3.54. The van der Waals surface area contributed by atoms with Crippen molar-refractivity contribution >= 4 is 31.9 Å². The molecule has 0 saturated carbocycles. The number of hydrogen-bond donors (Lipinski definition) is 0. The summed E-state index contributed by atoms with van der Waals surface area (Å²) in [7, 11) is -1.50. The largest absolute Gasteiger partial charge is 0.340 e. The third-order valence-electron chi connectivity index (χ3n) is 4.75. The molecule has 8 heteroatoms. The van der Waals surface area contributed by atoms with E-state index >= 15 is 0 Å². The number of benzene rings is 1. The van der Waals surface area contributed by atoms with E-state index in [4.69, 9.17) is 0 Å². The number of carbonyl (C=O) groups is 1. The van der Waals surface area contributed by atoms with Gasteiger partial charge in [-0.2, -0.15) is 4.31 Å². The van der Waals surface area contributed by atoms with Crippen LogP contribution in [0.1, 0.15) is 6.42 Å². The zero-order valence-electron chi connectivity index (χ0n) is 13.7. The first-order chi connectivity index (χ1) is 11.4. The minimum absolute atomic E-state index is 0.0926. The first-order valence-electron chi connectivity index (χ1n) is 8.11. The van der Waals surface area contributed by atoms with Crippen molar-refractivity contribution in [2.24, 2.45) is 5.92 Å². The van der Waals surface area contributed by atoms with Gasteiger partial charge in [-0.1, -0.05) is 22.0 Å². The topological polar surface area (TPSA) is 60.9 Å². The van der Waals surface area contributed by atoms with Crippen molar-refractivity contribution < 1.29 is 13.2 Å². The molecule has 2 aliphatic heterocycles. The Morgan fingerprint density at radius 2 is 1.88 bits per heavy atom. The van der Waals surface area contributed by atoms with E-state index in [1.54, 1.807) is 24.3 Å². The standard InChI is InChI=1S/C16H22BrN3O3S/c1-18-7-9-19(10-8-18)16(21)13-5-6-20(12-13)24(22,23)15-4-2-3-14(17)11-15/h2-4,11,13H,5-10,12H2,1H3. The van der Waals surface area contributed by atoms with Gasteiger partial charge < -0.3 is 9.80 Å². The zero-order valence-corrected chi connectivity index (χ0v) is 16.1. The lowest BCUT2D eigenvalue weighted by Gasteiger charge is -2.34. The third-order valence-corrected chi connectivity index (χ3v) is 7.10. The van der Waals surface area contributed by atoms with Gasteiger partial charge >= 0.3 is 0 Å². The molecule has 1 aromatic carbocycles. The van der Waals surface area contributed by atoms with Gasteiger partial charge in [0, 0.05) is 43.7 Å². The van der Waals surface area contributed by atoms with Crippen molar-refractivity contribution in [2.45, 2.75) is 11.3 Å². The number of carbonyl (C=O) groups excluding carboxylic acids is 1. The van der Waals surface area contributed by atoms with Gasteiger partial charge in [-0.3, -0.25) is 4.79 Å². The van der Waals surface area contributed by atoms with Gasteiger partial charge in [0.2, 0.25) is 15.9 Å². The van der Waals surface area contributed by atoms with Crippen LogP contribution in [0.5, 0.6) is 0 Å². The summed E-state index contributed by atoms with van der Waals surface area (Å²) in [6.07, 6.45) is 0.596. The lowest BCUT2D eigenvalue weighted by atomic mass is 10.1. The highest BCUT2D eigenvalue weighted by Gasteiger charge is 2.37. The molecule has 3 rings (SSSR count). The lowest BCUT2D eigenvalue weighted by molar-refractivity contribution is -0.136. The minimum Gasteiger partial charge on any atom is -0.340 e. The van der Waals surface area contributed by atoms with Gasteiger partial charge in [-0.05, 0) is 31.7 Å². The fraction of sp³-hybridized carbons (Fsp3) is 0.562. The highest BCUT2D eigenvalue weighted by molar-refractivity contribution is 9.10. The van der Waals surface area contributed by atoms with Crippen LogP contribution in [0.25, 0.3) is 0 Å². The quantitative estimate of drug-likeness (QED) is 0.744. The fourth-order valence-corrected chi connectivity index (χ4v) is 5.31. The molecule has 1 amide bonds. The zero-order chi connectivity index (χ0) is 17.3. The van der Waals surface area contributed by atoms with Gasteiger partial charge in [-0.15, -0.1) is 0 Å². The van der Waals surface area contributed by atoms with Crippen LogP contribution in [-0.2, 0) is 14.8 Å². The van der Waals surface area contributed by atoms with Gasteiger partial charge in [-0.25, -0.2) is 8.42 Å². The van der Waals surface area contributed by atoms with E-state index in [0.717, 1.165) is 30.7 Å². The Bertz CT molecular complexity index is 717. The van der Waals surface area contributed by atoms with E-state index in [2.05, 4.69) is 20.8 Å². The molecule has 2 fully saturated rings. The third kappa shape index (κ3) is 3.66. The number of rotatable bonds is 3. The first kappa shape index (κ1) is 17.8. The molecule has 0 bridgehead atoms. The van der Waals surface area contributed by atoms with Crippen molar-refractivity contribution in [1.82, 2.24) is 14.1 Å². The molecule has 0 aromatic heterocycles. The number of nitrogens with zero attached hydrogens (tertiary/aromatic N) is 3. The summed E-state index contributed by atoms with van der Waals surface area (Å²) in [5, 5.41) is 0. The van der Waals surface area contributed by atoms with E-state index in [0.29, 0.717) is 13.0 Å². The molecule has 0 aliphatic carbocycles. The van der Waals surface area contributed by atoms with Crippen molar-refractivity contribution in [3.05, 3.63) is 28.7 Å². The van der Waals surface area contributed by atoms with Crippen LogP contribution in [0, 0.1) is 5.92 Å². The summed E-state index contributed by atoms with van der Waals surface area (Å²) in [5.41, 5.74) is 0. The summed E-state index contributed by atoms with van der Waals surface area (Å²) in [6, 6.07) is 6.70. The second kappa shape index (κ2) is 7.11. The summed E-state index contributed by atoms with van der Waals surface area (Å²) >= 11 is 3.31. The molecule has 132 valence electrons. The maximum atomic E-state index is 12.7. The van der Waals surface area contributed by atoms with E-state index in [1.165, 1.54) is 4.31 Å². The van der Waals surface area contributed by atoms with E-state index < -0.39 is 10.0 Å². The Kier molecular flexibility index (Phi) is 5.29. The molecular weight excluding hydrogens is 394 g/mol. The molecule has 24 heavy (non-hydrogen) atoms. The molecule has 0 spiro atoms. The van der Waals surface area contributed by atoms with E-state index in [-0.39, 0.29) is 23.3 Å². The molecule has 6 nitrogen and oxygen atoms in total. The number of likely N-dealkylation sites (N-methyl/N-ethyl adjacent to an activating group) is 1. The van der Waals surface area contributed by atoms with Crippen LogP contribution >= 0.6 is 15.9 Å². The molecule has 2 heterocycles. The van der Waals surface area contributed by atoms with Crippen molar-refractivity contribution in [3.63, 3.8) is 0 Å². The number of amides is 1. The number of piperazine rings is 1. The molecule has 0 radical (unpaired) electrons. The Morgan fingerprint density at radius 3 is 2.54 bits per heavy atom. The summed E-state index contributed by atoms with van der Waals surface area (Å²) < 4.78 is 27.7. The van der Waals surface area contributed by atoms with Crippen molar-refractivity contribution in [3.8, 4) is 0 Å². The molecule has 2 aliphatic rings. The second-order valence-electron chi connectivity index (χ2n) is 6.43. The number of halogens is 1. The smallest absolute Gasteiger partial charge is 0.243 e. The average molecular weight is 416 g/mol. The number of hydrogen-bond acceptors (Lipinski definition) is 4. The number of sulfonamides is 1. The SMILES string of the molecule is CN1CCN(C(=O)C2CCN(S(=O)(=O)c3cccc(Br)c3)C2)CC1. The predicted molar refractivity (Wildman–Crippen MR) is 95.1 cm³/mol. The van der Waals surface area contributed by atoms with Gasteiger partial charge in [0.15, 0.2) is 0 Å². The molecule has 0 N–H and O–H groups in total. The highest BCUT2D eigenvalue weighted by atomic mass is 79.9. The van der Waals surface area contributed by atoms with Crippen LogP contribution < -0.4 is 0 Å². The van der Waals surface area contributed by atoms with Crippen molar-refractivity contribution in [2.75, 3.05) is 46.3 Å². The first-order valence-corrected chi connectivity index (χ1v) is 10.3. The van der Waals surface area contributed by atoms with Crippen LogP contribution in [-0.4, -0.2) is 74.7 Å². The molecular formula is C16H22BrN3O3S. The molecule has 1 atom stereocenters. The van der Waals surface area contributed by atoms with Crippen LogP contribution in [0.3, 0.4) is 0 Å². The van der Waals surface area contributed by atoms with Gasteiger partial charge in [0.25, 0.3) is 0 Å². The van der Waals surface area contributed by atoms with Gasteiger partial charge in [0.05, 0.1) is 10.8 Å². The van der Waals surface area contributed by atoms with Crippen LogP contribution in [0.2, 0.25) is 0 Å². The molecule has 1 unspecified atom stereocenters. The molecule has 2 saturated heterocycles. The lowest BCUT2D eigenvalue weighted by Crippen LogP contribution is -2.49. The normalized spacial score (nSPS) is 23.6. The maximum absolute atomic E-state index is 12.7. The summed E-state index contributed by atoms with van der Waals surface area (Å²) in [4.78, 5) is 17.0. The Hall–Kier alpha value is -0.960. The van der Waals surface area contributed by atoms with Crippen molar-refractivity contribution in [1.29, 1.82) is 0 Å². The van der Waals surface area contributed by atoms with E-state index in [1.807, 2.05) is 11.9 Å². The monoisotopic (exact) mass is 415 g/mol. The van der Waals surface area contributed by atoms with Crippen LogP contribution in [0.4, 0.5) is 0 Å². The molecule has 1 aromatic rings.